The molecule has 0 saturated heterocycles. The number of amides is 1. The first-order valence-corrected chi connectivity index (χ1v) is 11.7. The van der Waals surface area contributed by atoms with Crippen molar-refractivity contribution in [1.29, 1.82) is 0 Å². The number of thioether (sulfide) groups is 1. The first-order valence-electron chi connectivity index (χ1n) is 10.7. The lowest BCUT2D eigenvalue weighted by atomic mass is 10.1. The van der Waals surface area contributed by atoms with Crippen molar-refractivity contribution in [1.82, 2.24) is 19.8 Å². The maximum absolute atomic E-state index is 14.5. The topological polar surface area (TPSA) is 59.4 Å². The average molecular weight is 455 g/mol. The predicted molar refractivity (Wildman–Crippen MR) is 123 cm³/mol. The van der Waals surface area contributed by atoms with Gasteiger partial charge < -0.3 is 14.6 Å². The van der Waals surface area contributed by atoms with Gasteiger partial charge in [0.25, 0.3) is 0 Å². The second kappa shape index (κ2) is 10.7. The Labute approximate surface area is 191 Å². The predicted octanol–water partition coefficient (Wildman–Crippen LogP) is 3.79. The largest absolute Gasteiger partial charge is 0.484 e. The Hall–Kier alpha value is -2.84. The molecule has 1 N–H and O–H groups in total. The highest BCUT2D eigenvalue weighted by Gasteiger charge is 2.26. The van der Waals surface area contributed by atoms with Crippen molar-refractivity contribution in [2.75, 3.05) is 25.4 Å². The van der Waals surface area contributed by atoms with Crippen LogP contribution >= 0.6 is 11.8 Å². The second-order valence-electron chi connectivity index (χ2n) is 7.74. The molecule has 1 aliphatic rings. The van der Waals surface area contributed by atoms with Gasteiger partial charge in [-0.3, -0.25) is 9.69 Å². The molecule has 0 saturated carbocycles. The van der Waals surface area contributed by atoms with E-state index < -0.39 is 6.10 Å². The van der Waals surface area contributed by atoms with Gasteiger partial charge in [0, 0.05) is 68.9 Å². The Morgan fingerprint density at radius 2 is 2.06 bits per heavy atom. The molecule has 0 spiro atoms. The van der Waals surface area contributed by atoms with Crippen molar-refractivity contribution in [2.45, 2.75) is 24.2 Å². The molecular formula is C24H27FN4O2S. The smallest absolute Gasteiger partial charge is 0.221 e. The van der Waals surface area contributed by atoms with Crippen LogP contribution in [0.25, 0.3) is 0 Å². The van der Waals surface area contributed by atoms with Crippen LogP contribution in [0.2, 0.25) is 0 Å². The summed E-state index contributed by atoms with van der Waals surface area (Å²) in [6.07, 6.45) is 3.60. The molecule has 2 aromatic carbocycles. The van der Waals surface area contributed by atoms with Gasteiger partial charge in [-0.05, 0) is 12.1 Å². The lowest BCUT2D eigenvalue weighted by molar-refractivity contribution is -0.121. The number of hydrogen-bond acceptors (Lipinski definition) is 5. The molecule has 3 aromatic rings. The van der Waals surface area contributed by atoms with Crippen molar-refractivity contribution >= 4 is 17.7 Å². The Morgan fingerprint density at radius 1 is 1.25 bits per heavy atom. The van der Waals surface area contributed by atoms with E-state index in [2.05, 4.69) is 15.2 Å². The molecule has 6 nitrogen and oxygen atoms in total. The van der Waals surface area contributed by atoms with E-state index in [-0.39, 0.29) is 11.7 Å². The normalized spacial score (nSPS) is 16.1. The summed E-state index contributed by atoms with van der Waals surface area (Å²) in [7, 11) is 1.95. The molecule has 2 heterocycles. The number of imidazole rings is 1. The molecule has 0 bridgehead atoms. The van der Waals surface area contributed by atoms with Crippen molar-refractivity contribution in [2.24, 2.45) is 7.05 Å². The SMILES string of the molecule is Cn1ccnc1SCCNC(=O)CCN1Cc2ccccc2O[C@@H](c2ccccc2F)C1. The fourth-order valence-corrected chi connectivity index (χ4v) is 4.51. The number of benzene rings is 2. The molecule has 0 fully saturated rings. The Kier molecular flexibility index (Phi) is 7.44. The quantitative estimate of drug-likeness (QED) is 0.415. The molecule has 0 radical (unpaired) electrons. The van der Waals surface area contributed by atoms with Crippen LogP contribution in [0.3, 0.4) is 0 Å². The van der Waals surface area contributed by atoms with Gasteiger partial charge in [-0.15, -0.1) is 0 Å². The average Bonchev–Trinajstić information content (AvgIpc) is 3.10. The number of aromatic nitrogens is 2. The Balaban J connectivity index is 1.33. The maximum atomic E-state index is 14.5. The Bertz CT molecular complexity index is 1060. The summed E-state index contributed by atoms with van der Waals surface area (Å²) >= 11 is 1.61. The van der Waals surface area contributed by atoms with Gasteiger partial charge in [-0.2, -0.15) is 0 Å². The van der Waals surface area contributed by atoms with Gasteiger partial charge in [0.2, 0.25) is 5.91 Å². The number of carbonyl (C=O) groups excluding carboxylic acids is 1. The van der Waals surface area contributed by atoms with Crippen molar-refractivity contribution in [3.63, 3.8) is 0 Å². The van der Waals surface area contributed by atoms with E-state index in [1.54, 1.807) is 30.1 Å². The summed E-state index contributed by atoms with van der Waals surface area (Å²) in [5, 5.41) is 3.91. The monoisotopic (exact) mass is 454 g/mol. The van der Waals surface area contributed by atoms with E-state index in [1.165, 1.54) is 6.07 Å². The maximum Gasteiger partial charge on any atom is 0.221 e. The Morgan fingerprint density at radius 3 is 2.88 bits per heavy atom. The van der Waals surface area contributed by atoms with Gasteiger partial charge >= 0.3 is 0 Å². The molecule has 0 aliphatic carbocycles. The first kappa shape index (κ1) is 22.4. The number of para-hydroxylation sites is 1. The van der Waals surface area contributed by atoms with E-state index in [9.17, 15) is 9.18 Å². The van der Waals surface area contributed by atoms with E-state index in [1.807, 2.05) is 48.1 Å². The summed E-state index contributed by atoms with van der Waals surface area (Å²) in [4.78, 5) is 18.8. The van der Waals surface area contributed by atoms with E-state index in [0.29, 0.717) is 38.2 Å². The number of fused-ring (bicyclic) bond motifs is 1. The number of rotatable bonds is 8. The van der Waals surface area contributed by atoms with Crippen molar-refractivity contribution in [3.05, 3.63) is 77.9 Å². The van der Waals surface area contributed by atoms with E-state index in [4.69, 9.17) is 4.74 Å². The lowest BCUT2D eigenvalue weighted by Gasteiger charge is -2.24. The molecule has 168 valence electrons. The number of ether oxygens (including phenoxy) is 1. The van der Waals surface area contributed by atoms with Crippen LogP contribution in [-0.2, 0) is 18.4 Å². The number of halogens is 1. The zero-order valence-electron chi connectivity index (χ0n) is 18.0. The van der Waals surface area contributed by atoms with Crippen LogP contribution in [0, 0.1) is 5.82 Å². The van der Waals surface area contributed by atoms with Crippen LogP contribution in [0.5, 0.6) is 5.75 Å². The third-order valence-electron chi connectivity index (χ3n) is 5.40. The second-order valence-corrected chi connectivity index (χ2v) is 8.80. The summed E-state index contributed by atoms with van der Waals surface area (Å²) < 4.78 is 22.6. The zero-order valence-corrected chi connectivity index (χ0v) is 18.9. The third kappa shape index (κ3) is 5.69. The first-order chi connectivity index (χ1) is 15.6. The molecule has 4 rings (SSSR count). The standard InChI is InChI=1S/C24H27FN4O2S/c1-28-14-11-27-24(28)32-15-12-26-23(30)10-13-29-16-18-6-2-5-9-21(18)31-22(17-29)19-7-3-4-8-20(19)25/h2-9,11,14,22H,10,12-13,15-17H2,1H3,(H,26,30)/t22-/m1/s1. The highest BCUT2D eigenvalue weighted by atomic mass is 32.2. The van der Waals surface area contributed by atoms with E-state index >= 15 is 0 Å². The van der Waals surface area contributed by atoms with Crippen molar-refractivity contribution < 1.29 is 13.9 Å². The number of aryl methyl sites for hydroxylation is 1. The molecule has 0 unspecified atom stereocenters. The van der Waals surface area contributed by atoms with Gasteiger partial charge in [0.1, 0.15) is 17.7 Å². The van der Waals surface area contributed by atoms with Crippen LogP contribution in [-0.4, -0.2) is 45.7 Å². The summed E-state index contributed by atoms with van der Waals surface area (Å²) in [6.45, 7) is 2.32. The third-order valence-corrected chi connectivity index (χ3v) is 6.46. The molecule has 32 heavy (non-hydrogen) atoms. The van der Waals surface area contributed by atoms with Crippen LogP contribution < -0.4 is 10.1 Å². The summed E-state index contributed by atoms with van der Waals surface area (Å²) in [6, 6.07) is 14.5. The van der Waals surface area contributed by atoms with E-state index in [0.717, 1.165) is 22.2 Å². The molecule has 8 heteroatoms. The zero-order chi connectivity index (χ0) is 22.3. The molecule has 1 aromatic heterocycles. The highest BCUT2D eigenvalue weighted by Crippen LogP contribution is 2.32. The highest BCUT2D eigenvalue weighted by molar-refractivity contribution is 7.99. The van der Waals surface area contributed by atoms with Crippen molar-refractivity contribution in [3.8, 4) is 5.75 Å². The lowest BCUT2D eigenvalue weighted by Crippen LogP contribution is -2.34. The van der Waals surface area contributed by atoms with Crippen LogP contribution in [0.4, 0.5) is 4.39 Å². The van der Waals surface area contributed by atoms with Crippen LogP contribution in [0.1, 0.15) is 23.7 Å². The minimum Gasteiger partial charge on any atom is -0.484 e. The summed E-state index contributed by atoms with van der Waals surface area (Å²) in [5.41, 5.74) is 1.57. The fraction of sp³-hybridized carbons (Fsp3) is 0.333. The fourth-order valence-electron chi connectivity index (χ4n) is 3.72. The van der Waals surface area contributed by atoms with Gasteiger partial charge in [0.15, 0.2) is 5.16 Å². The minimum atomic E-state index is -0.433. The van der Waals surface area contributed by atoms with Gasteiger partial charge in [-0.25, -0.2) is 9.37 Å². The number of nitrogens with zero attached hydrogens (tertiary/aromatic N) is 3. The molecule has 1 atom stereocenters. The molecule has 1 aliphatic heterocycles. The summed E-state index contributed by atoms with van der Waals surface area (Å²) in [5.74, 6) is 1.25. The number of carbonyl (C=O) groups is 1. The minimum absolute atomic E-state index is 0.00586. The molecule has 1 amide bonds. The van der Waals surface area contributed by atoms with Gasteiger partial charge in [-0.1, -0.05) is 48.2 Å². The van der Waals surface area contributed by atoms with Crippen LogP contribution in [0.15, 0.2) is 66.1 Å². The number of hydrogen-bond donors (Lipinski definition) is 1. The molecular weight excluding hydrogens is 427 g/mol. The van der Waals surface area contributed by atoms with Gasteiger partial charge in [0.05, 0.1) is 0 Å². The number of nitrogens with one attached hydrogen (secondary N) is 1.